The van der Waals surface area contributed by atoms with Gasteiger partial charge in [0.05, 0.1) is 6.04 Å². The maximum Gasteiger partial charge on any atom is 0.320 e. The van der Waals surface area contributed by atoms with E-state index in [0.717, 1.165) is 25.3 Å². The van der Waals surface area contributed by atoms with E-state index in [9.17, 15) is 4.79 Å². The van der Waals surface area contributed by atoms with Crippen molar-refractivity contribution in [2.24, 2.45) is 0 Å². The molecule has 1 aliphatic rings. The fraction of sp³-hybridized carbons (Fsp3) is 0.875. The van der Waals surface area contributed by atoms with Crippen LogP contribution in [0.15, 0.2) is 0 Å². The Morgan fingerprint density at radius 3 is 2.75 bits per heavy atom. The SMILES string of the molecule is CCC1CN(CCS)C(=O)N1C. The summed E-state index contributed by atoms with van der Waals surface area (Å²) < 4.78 is 0. The van der Waals surface area contributed by atoms with E-state index in [1.165, 1.54) is 0 Å². The van der Waals surface area contributed by atoms with Crippen LogP contribution in [0.3, 0.4) is 0 Å². The third-order valence-corrected chi connectivity index (χ3v) is 2.59. The molecule has 0 aliphatic carbocycles. The summed E-state index contributed by atoms with van der Waals surface area (Å²) in [5.41, 5.74) is 0. The highest BCUT2D eigenvalue weighted by atomic mass is 32.1. The van der Waals surface area contributed by atoms with Crippen molar-refractivity contribution in [1.82, 2.24) is 9.80 Å². The minimum atomic E-state index is 0.149. The van der Waals surface area contributed by atoms with E-state index < -0.39 is 0 Å². The van der Waals surface area contributed by atoms with Crippen molar-refractivity contribution in [2.45, 2.75) is 19.4 Å². The van der Waals surface area contributed by atoms with Crippen LogP contribution in [0, 0.1) is 0 Å². The molecule has 1 heterocycles. The van der Waals surface area contributed by atoms with E-state index in [1.807, 2.05) is 16.8 Å². The molecule has 1 rings (SSSR count). The predicted octanol–water partition coefficient (Wildman–Crippen LogP) is 1.06. The van der Waals surface area contributed by atoms with Crippen LogP contribution in [0.2, 0.25) is 0 Å². The summed E-state index contributed by atoms with van der Waals surface area (Å²) in [6.07, 6.45) is 1.03. The third kappa shape index (κ3) is 1.68. The minimum absolute atomic E-state index is 0.149. The third-order valence-electron chi connectivity index (χ3n) is 2.39. The van der Waals surface area contributed by atoms with Gasteiger partial charge in [0.1, 0.15) is 0 Å². The van der Waals surface area contributed by atoms with Gasteiger partial charge in [-0.1, -0.05) is 6.92 Å². The molecule has 0 N–H and O–H groups in total. The Bertz CT molecular complexity index is 174. The number of urea groups is 1. The molecule has 12 heavy (non-hydrogen) atoms. The van der Waals surface area contributed by atoms with Crippen molar-refractivity contribution in [3.8, 4) is 0 Å². The van der Waals surface area contributed by atoms with Gasteiger partial charge in [0.15, 0.2) is 0 Å². The van der Waals surface area contributed by atoms with Crippen molar-refractivity contribution >= 4 is 18.7 Å². The number of likely N-dealkylation sites (N-methyl/N-ethyl adjacent to an activating group) is 1. The summed E-state index contributed by atoms with van der Waals surface area (Å²) in [7, 11) is 1.87. The Balaban J connectivity index is 2.54. The van der Waals surface area contributed by atoms with E-state index in [2.05, 4.69) is 19.6 Å². The van der Waals surface area contributed by atoms with Gasteiger partial charge in [0.25, 0.3) is 0 Å². The van der Waals surface area contributed by atoms with Crippen LogP contribution in [0.25, 0.3) is 0 Å². The molecule has 0 aromatic heterocycles. The Hall–Kier alpha value is -0.380. The quantitative estimate of drug-likeness (QED) is 0.658. The van der Waals surface area contributed by atoms with Crippen molar-refractivity contribution < 1.29 is 4.79 Å². The Kier molecular flexibility index (Phi) is 3.26. The van der Waals surface area contributed by atoms with E-state index in [-0.39, 0.29) is 6.03 Å². The molecule has 4 heteroatoms. The van der Waals surface area contributed by atoms with Gasteiger partial charge in [-0.25, -0.2) is 4.79 Å². The van der Waals surface area contributed by atoms with Crippen molar-refractivity contribution in [2.75, 3.05) is 25.9 Å². The zero-order chi connectivity index (χ0) is 9.14. The van der Waals surface area contributed by atoms with Crippen LogP contribution in [-0.2, 0) is 0 Å². The minimum Gasteiger partial charge on any atom is -0.323 e. The van der Waals surface area contributed by atoms with Gasteiger partial charge in [-0.3, -0.25) is 0 Å². The van der Waals surface area contributed by atoms with Gasteiger partial charge in [-0.05, 0) is 6.42 Å². The number of rotatable bonds is 3. The number of amides is 2. The van der Waals surface area contributed by atoms with Gasteiger partial charge in [0.2, 0.25) is 0 Å². The zero-order valence-electron chi connectivity index (χ0n) is 7.66. The van der Waals surface area contributed by atoms with Gasteiger partial charge in [-0.15, -0.1) is 0 Å². The fourth-order valence-corrected chi connectivity index (χ4v) is 1.79. The van der Waals surface area contributed by atoms with Crippen LogP contribution < -0.4 is 0 Å². The molecule has 0 spiro atoms. The van der Waals surface area contributed by atoms with E-state index in [1.54, 1.807) is 0 Å². The molecule has 0 saturated carbocycles. The topological polar surface area (TPSA) is 23.6 Å². The molecule has 0 aromatic carbocycles. The Morgan fingerprint density at radius 1 is 1.67 bits per heavy atom. The number of carbonyl (C=O) groups excluding carboxylic acids is 1. The number of thiol groups is 1. The monoisotopic (exact) mass is 188 g/mol. The van der Waals surface area contributed by atoms with Gasteiger partial charge in [-0.2, -0.15) is 12.6 Å². The lowest BCUT2D eigenvalue weighted by Crippen LogP contribution is -2.31. The van der Waals surface area contributed by atoms with Crippen molar-refractivity contribution in [3.05, 3.63) is 0 Å². The molecule has 70 valence electrons. The Morgan fingerprint density at radius 2 is 2.33 bits per heavy atom. The number of nitrogens with zero attached hydrogens (tertiary/aromatic N) is 2. The maximum atomic E-state index is 11.5. The molecule has 1 aliphatic heterocycles. The normalized spacial score (nSPS) is 23.9. The number of hydrogen-bond acceptors (Lipinski definition) is 2. The highest BCUT2D eigenvalue weighted by Crippen LogP contribution is 2.15. The Labute approximate surface area is 79.1 Å². The first-order chi connectivity index (χ1) is 5.70. The van der Waals surface area contributed by atoms with E-state index in [4.69, 9.17) is 0 Å². The molecule has 1 atom stereocenters. The molecule has 0 bridgehead atoms. The predicted molar refractivity (Wildman–Crippen MR) is 52.7 cm³/mol. The first-order valence-corrected chi connectivity index (χ1v) is 4.96. The molecular formula is C8H16N2OS. The van der Waals surface area contributed by atoms with Crippen molar-refractivity contribution in [1.29, 1.82) is 0 Å². The van der Waals surface area contributed by atoms with Gasteiger partial charge < -0.3 is 9.80 Å². The van der Waals surface area contributed by atoms with Crippen molar-refractivity contribution in [3.63, 3.8) is 0 Å². The van der Waals surface area contributed by atoms with E-state index in [0.29, 0.717) is 6.04 Å². The summed E-state index contributed by atoms with van der Waals surface area (Å²) in [5.74, 6) is 0.746. The summed E-state index contributed by atoms with van der Waals surface area (Å²) in [5, 5.41) is 0. The smallest absolute Gasteiger partial charge is 0.320 e. The lowest BCUT2D eigenvalue weighted by Gasteiger charge is -2.15. The summed E-state index contributed by atoms with van der Waals surface area (Å²) in [4.78, 5) is 15.2. The molecular weight excluding hydrogens is 172 g/mol. The summed E-state index contributed by atoms with van der Waals surface area (Å²) in [6, 6.07) is 0.549. The van der Waals surface area contributed by atoms with Crippen LogP contribution in [0.5, 0.6) is 0 Å². The summed E-state index contributed by atoms with van der Waals surface area (Å²) >= 11 is 4.11. The number of hydrogen-bond donors (Lipinski definition) is 1. The largest absolute Gasteiger partial charge is 0.323 e. The van der Waals surface area contributed by atoms with Gasteiger partial charge >= 0.3 is 6.03 Å². The second kappa shape index (κ2) is 4.03. The molecule has 0 aromatic rings. The van der Waals surface area contributed by atoms with Crippen LogP contribution in [-0.4, -0.2) is 47.8 Å². The average Bonchev–Trinajstić information content (AvgIpc) is 2.33. The standard InChI is InChI=1S/C8H16N2OS/c1-3-7-6-10(4-5-12)8(11)9(7)2/h7,12H,3-6H2,1-2H3. The van der Waals surface area contributed by atoms with Crippen LogP contribution in [0.4, 0.5) is 4.79 Å². The summed E-state index contributed by atoms with van der Waals surface area (Å²) in [6.45, 7) is 3.74. The highest BCUT2D eigenvalue weighted by molar-refractivity contribution is 7.80. The second-order valence-electron chi connectivity index (χ2n) is 3.13. The number of carbonyl (C=O) groups is 1. The molecule has 0 radical (unpaired) electrons. The molecule has 2 amide bonds. The van der Waals surface area contributed by atoms with Gasteiger partial charge in [0, 0.05) is 25.9 Å². The first-order valence-electron chi connectivity index (χ1n) is 4.33. The van der Waals surface area contributed by atoms with Crippen LogP contribution >= 0.6 is 12.6 Å². The first kappa shape index (κ1) is 9.71. The molecule has 1 saturated heterocycles. The second-order valence-corrected chi connectivity index (χ2v) is 3.57. The zero-order valence-corrected chi connectivity index (χ0v) is 8.55. The van der Waals surface area contributed by atoms with Crippen LogP contribution in [0.1, 0.15) is 13.3 Å². The molecule has 1 fully saturated rings. The molecule has 1 unspecified atom stereocenters. The average molecular weight is 188 g/mol. The highest BCUT2D eigenvalue weighted by Gasteiger charge is 2.32. The maximum absolute atomic E-state index is 11.5. The fourth-order valence-electron chi connectivity index (χ4n) is 1.54. The molecule has 3 nitrogen and oxygen atoms in total. The lowest BCUT2D eigenvalue weighted by molar-refractivity contribution is 0.197. The van der Waals surface area contributed by atoms with E-state index >= 15 is 0 Å². The lowest BCUT2D eigenvalue weighted by atomic mass is 10.2.